The van der Waals surface area contributed by atoms with Crippen LogP contribution in [0.3, 0.4) is 0 Å². The average molecular weight is 473 g/mol. The largest absolute Gasteiger partial charge is 0.318 e. The van der Waals surface area contributed by atoms with E-state index in [0.717, 1.165) is 38.8 Å². The van der Waals surface area contributed by atoms with Crippen molar-refractivity contribution in [2.24, 2.45) is 5.10 Å². The Morgan fingerprint density at radius 2 is 1.81 bits per heavy atom. The van der Waals surface area contributed by atoms with Crippen LogP contribution in [0, 0.1) is 20.8 Å². The highest BCUT2D eigenvalue weighted by Gasteiger charge is 2.20. The molecule has 0 aliphatic heterocycles. The lowest BCUT2D eigenvalue weighted by molar-refractivity contribution is -0.119. The van der Waals surface area contributed by atoms with Crippen LogP contribution in [0.25, 0.3) is 5.69 Å². The Bertz CT molecular complexity index is 1260. The third-order valence-electron chi connectivity index (χ3n) is 4.93. The number of nitrogens with zero attached hydrogens (tertiary/aromatic N) is 3. The number of benzene rings is 2. The molecule has 0 radical (unpaired) electrons. The van der Waals surface area contributed by atoms with Crippen molar-refractivity contribution in [2.75, 3.05) is 17.1 Å². The van der Waals surface area contributed by atoms with E-state index in [1.165, 1.54) is 0 Å². The van der Waals surface area contributed by atoms with Gasteiger partial charge in [0.05, 0.1) is 18.2 Å². The Balaban J connectivity index is 1.73. The van der Waals surface area contributed by atoms with Gasteiger partial charge in [-0.3, -0.25) is 9.10 Å². The van der Waals surface area contributed by atoms with Crippen molar-refractivity contribution in [2.45, 2.75) is 20.8 Å². The number of hydrazone groups is 1. The van der Waals surface area contributed by atoms with Gasteiger partial charge in [0, 0.05) is 27.7 Å². The summed E-state index contributed by atoms with van der Waals surface area (Å²) in [4.78, 5) is 12.4. The number of aromatic nitrogens is 1. The molecule has 3 rings (SSSR count). The van der Waals surface area contributed by atoms with Crippen molar-refractivity contribution in [3.05, 3.63) is 82.1 Å². The number of nitrogens with one attached hydrogen (secondary N) is 1. The van der Waals surface area contributed by atoms with Crippen LogP contribution >= 0.6 is 11.6 Å². The maximum absolute atomic E-state index is 12.4. The number of sulfonamides is 1. The molecule has 0 bridgehead atoms. The van der Waals surface area contributed by atoms with Crippen LogP contribution in [0.2, 0.25) is 5.02 Å². The fraction of sp³-hybridized carbons (Fsp3) is 0.217. The summed E-state index contributed by atoms with van der Waals surface area (Å²) in [5, 5.41) is 4.69. The molecule has 0 unspecified atom stereocenters. The van der Waals surface area contributed by atoms with Crippen molar-refractivity contribution < 1.29 is 13.2 Å². The van der Waals surface area contributed by atoms with Gasteiger partial charge in [-0.15, -0.1) is 0 Å². The molecule has 0 saturated carbocycles. The van der Waals surface area contributed by atoms with Crippen LogP contribution in [0.15, 0.2) is 59.7 Å². The van der Waals surface area contributed by atoms with Gasteiger partial charge >= 0.3 is 0 Å². The minimum atomic E-state index is -3.64. The number of carbonyl (C=O) groups is 1. The molecule has 1 aromatic heterocycles. The van der Waals surface area contributed by atoms with Gasteiger partial charge < -0.3 is 4.57 Å². The maximum atomic E-state index is 12.4. The van der Waals surface area contributed by atoms with Crippen LogP contribution in [0.4, 0.5) is 5.69 Å². The molecule has 9 heteroatoms. The van der Waals surface area contributed by atoms with Crippen molar-refractivity contribution in [1.82, 2.24) is 9.99 Å². The molecule has 0 fully saturated rings. The Labute approximate surface area is 193 Å². The number of halogens is 1. The molecule has 0 aliphatic rings. The number of rotatable bonds is 7. The molecule has 168 valence electrons. The van der Waals surface area contributed by atoms with Gasteiger partial charge in [0.1, 0.15) is 6.54 Å². The van der Waals surface area contributed by atoms with Gasteiger partial charge in [0.25, 0.3) is 5.91 Å². The Morgan fingerprint density at radius 1 is 1.12 bits per heavy atom. The van der Waals surface area contributed by atoms with Gasteiger partial charge in [-0.25, -0.2) is 13.8 Å². The normalized spacial score (nSPS) is 11.7. The summed E-state index contributed by atoms with van der Waals surface area (Å²) < 4.78 is 27.5. The van der Waals surface area contributed by atoms with Crippen molar-refractivity contribution >= 4 is 39.4 Å². The van der Waals surface area contributed by atoms with E-state index in [-0.39, 0.29) is 6.54 Å². The Kier molecular flexibility index (Phi) is 7.06. The molecule has 0 aliphatic carbocycles. The maximum Gasteiger partial charge on any atom is 0.260 e. The molecule has 3 aromatic rings. The predicted octanol–water partition coefficient (Wildman–Crippen LogP) is 3.97. The summed E-state index contributed by atoms with van der Waals surface area (Å²) in [7, 11) is -3.64. The van der Waals surface area contributed by atoms with E-state index in [1.807, 2.05) is 57.2 Å². The second-order valence-corrected chi connectivity index (χ2v) is 9.88. The summed E-state index contributed by atoms with van der Waals surface area (Å²) in [6, 6.07) is 16.4. The summed E-state index contributed by atoms with van der Waals surface area (Å²) >= 11 is 5.98. The number of aryl methyl sites for hydroxylation is 2. The van der Waals surface area contributed by atoms with Gasteiger partial charge in [-0.2, -0.15) is 5.10 Å². The Hall–Kier alpha value is -3.10. The predicted molar refractivity (Wildman–Crippen MR) is 129 cm³/mol. The summed E-state index contributed by atoms with van der Waals surface area (Å²) in [5.41, 5.74) is 7.48. The average Bonchev–Trinajstić information content (AvgIpc) is 2.99. The first-order valence-electron chi connectivity index (χ1n) is 9.87. The van der Waals surface area contributed by atoms with Crippen LogP contribution in [-0.2, 0) is 14.8 Å². The smallest absolute Gasteiger partial charge is 0.260 e. The monoisotopic (exact) mass is 472 g/mol. The number of hydrogen-bond acceptors (Lipinski definition) is 4. The molecule has 32 heavy (non-hydrogen) atoms. The van der Waals surface area contributed by atoms with Crippen molar-refractivity contribution in [1.29, 1.82) is 0 Å². The zero-order valence-electron chi connectivity index (χ0n) is 18.3. The van der Waals surface area contributed by atoms with E-state index in [0.29, 0.717) is 10.7 Å². The topological polar surface area (TPSA) is 83.8 Å². The van der Waals surface area contributed by atoms with Gasteiger partial charge in [0.2, 0.25) is 10.0 Å². The molecule has 2 aromatic carbocycles. The quantitative estimate of drug-likeness (QED) is 0.417. The van der Waals surface area contributed by atoms with Crippen molar-refractivity contribution in [3.8, 4) is 5.69 Å². The highest BCUT2D eigenvalue weighted by Crippen LogP contribution is 2.21. The molecule has 0 atom stereocenters. The second kappa shape index (κ2) is 9.58. The van der Waals surface area contributed by atoms with E-state index in [2.05, 4.69) is 15.1 Å². The minimum absolute atomic E-state index is 0.372. The zero-order valence-corrected chi connectivity index (χ0v) is 19.9. The minimum Gasteiger partial charge on any atom is -0.318 e. The molecular weight excluding hydrogens is 448 g/mol. The number of amides is 1. The zero-order chi connectivity index (χ0) is 23.5. The van der Waals surface area contributed by atoms with Crippen LogP contribution in [-0.4, -0.2) is 37.9 Å². The van der Waals surface area contributed by atoms with E-state index in [4.69, 9.17) is 11.6 Å². The van der Waals surface area contributed by atoms with Crippen LogP contribution < -0.4 is 9.73 Å². The molecule has 1 amide bonds. The second-order valence-electron chi connectivity index (χ2n) is 7.54. The SMILES string of the molecule is Cc1cccc(N(CC(=O)N/N=C/c2cc(C)n(-c3ccc(Cl)cc3)c2C)S(C)(=O)=O)c1. The van der Waals surface area contributed by atoms with E-state index < -0.39 is 15.9 Å². The number of hydrogen-bond donors (Lipinski definition) is 1. The lowest BCUT2D eigenvalue weighted by atomic mass is 10.2. The fourth-order valence-electron chi connectivity index (χ4n) is 3.43. The lowest BCUT2D eigenvalue weighted by Gasteiger charge is -2.21. The van der Waals surface area contributed by atoms with Gasteiger partial charge in [-0.05, 0) is 68.8 Å². The third kappa shape index (κ3) is 5.57. The first-order chi connectivity index (χ1) is 15.1. The molecule has 7 nitrogen and oxygen atoms in total. The standard InChI is InChI=1S/C23H25ClN4O3S/c1-16-6-5-7-22(12-16)27(32(4,30)31)15-23(29)26-25-14-19-13-17(2)28(18(19)3)21-10-8-20(24)9-11-21/h5-14H,15H2,1-4H3,(H,26,29)/b25-14+. The summed E-state index contributed by atoms with van der Waals surface area (Å²) in [6.07, 6.45) is 2.61. The fourth-order valence-corrected chi connectivity index (χ4v) is 4.40. The molecule has 1 N–H and O–H groups in total. The first kappa shape index (κ1) is 23.6. The molecule has 0 spiro atoms. The number of carbonyl (C=O) groups excluding carboxylic acids is 1. The van der Waals surface area contributed by atoms with Crippen LogP contribution in [0.5, 0.6) is 0 Å². The van der Waals surface area contributed by atoms with Crippen LogP contribution in [0.1, 0.15) is 22.5 Å². The van der Waals surface area contributed by atoms with E-state index in [1.54, 1.807) is 24.4 Å². The van der Waals surface area contributed by atoms with Crippen molar-refractivity contribution in [3.63, 3.8) is 0 Å². The molecular formula is C23H25ClN4O3S. The lowest BCUT2D eigenvalue weighted by Crippen LogP contribution is -2.39. The molecule has 1 heterocycles. The number of anilines is 1. The Morgan fingerprint density at radius 3 is 2.44 bits per heavy atom. The third-order valence-corrected chi connectivity index (χ3v) is 6.32. The van der Waals surface area contributed by atoms with E-state index >= 15 is 0 Å². The first-order valence-corrected chi connectivity index (χ1v) is 12.1. The van der Waals surface area contributed by atoms with Gasteiger partial charge in [0.15, 0.2) is 0 Å². The summed E-state index contributed by atoms with van der Waals surface area (Å²) in [6.45, 7) is 5.41. The molecule has 0 saturated heterocycles. The highest BCUT2D eigenvalue weighted by molar-refractivity contribution is 7.92. The van der Waals surface area contributed by atoms with E-state index in [9.17, 15) is 13.2 Å². The summed E-state index contributed by atoms with van der Waals surface area (Å²) in [5.74, 6) is -0.542. The highest BCUT2D eigenvalue weighted by atomic mass is 35.5. The van der Waals surface area contributed by atoms with Gasteiger partial charge in [-0.1, -0.05) is 23.7 Å².